The number of rotatable bonds is 13. The fraction of sp³-hybridized carbons (Fsp3) is 0.156. The number of carbonyl (C=O) groups excluding carboxylic acids is 2. The van der Waals surface area contributed by atoms with E-state index in [0.717, 1.165) is 9.87 Å². The molecule has 0 aliphatic rings. The normalized spacial score (nSPS) is 11.1. The first-order valence-corrected chi connectivity index (χ1v) is 14.8. The van der Waals surface area contributed by atoms with Gasteiger partial charge in [0.15, 0.2) is 6.61 Å². The molecule has 0 radical (unpaired) electrons. The molecule has 11 nitrogen and oxygen atoms in total. The highest BCUT2D eigenvalue weighted by Gasteiger charge is 2.29. The van der Waals surface area contributed by atoms with Crippen molar-refractivity contribution in [3.05, 3.63) is 108 Å². The molecule has 0 spiro atoms. The predicted octanol–water partition coefficient (Wildman–Crippen LogP) is 4.38. The second-order valence-electron chi connectivity index (χ2n) is 9.43. The topological polar surface area (TPSA) is 136 Å². The van der Waals surface area contributed by atoms with E-state index in [9.17, 15) is 18.0 Å². The van der Waals surface area contributed by atoms with E-state index < -0.39 is 22.5 Å². The van der Waals surface area contributed by atoms with Crippen LogP contribution in [0.15, 0.2) is 107 Å². The van der Waals surface area contributed by atoms with E-state index in [0.29, 0.717) is 22.7 Å². The van der Waals surface area contributed by atoms with Gasteiger partial charge in [0.05, 0.1) is 31.0 Å². The van der Waals surface area contributed by atoms with Gasteiger partial charge in [-0.05, 0) is 73.2 Å². The van der Waals surface area contributed by atoms with Gasteiger partial charge in [-0.2, -0.15) is 5.10 Å². The number of nitrogens with one attached hydrogen (secondary N) is 2. The number of ether oxygens (including phenoxy) is 3. The maximum absolute atomic E-state index is 13.6. The van der Waals surface area contributed by atoms with E-state index >= 15 is 0 Å². The SMILES string of the molecule is COc1ccc(OC)c(N(CC(=O)N/N=C\c2ccc(OCC(=O)Nc3ccc(C)cc3)cc2)S(=O)(=O)c2ccccc2)c1. The van der Waals surface area contributed by atoms with Crippen LogP contribution in [0.2, 0.25) is 0 Å². The van der Waals surface area contributed by atoms with Gasteiger partial charge in [0.1, 0.15) is 23.8 Å². The average Bonchev–Trinajstić information content (AvgIpc) is 3.04. The third-order valence-electron chi connectivity index (χ3n) is 6.26. The fourth-order valence-electron chi connectivity index (χ4n) is 3.99. The number of hydrazone groups is 1. The fourth-order valence-corrected chi connectivity index (χ4v) is 5.43. The smallest absolute Gasteiger partial charge is 0.264 e. The van der Waals surface area contributed by atoms with Gasteiger partial charge >= 0.3 is 0 Å². The minimum atomic E-state index is -4.18. The third-order valence-corrected chi connectivity index (χ3v) is 8.04. The van der Waals surface area contributed by atoms with Crippen LogP contribution in [0.25, 0.3) is 0 Å². The lowest BCUT2D eigenvalue weighted by Gasteiger charge is -2.25. The van der Waals surface area contributed by atoms with Crippen molar-refractivity contribution in [2.45, 2.75) is 11.8 Å². The van der Waals surface area contributed by atoms with Crippen molar-refractivity contribution >= 4 is 39.4 Å². The molecule has 4 aromatic rings. The van der Waals surface area contributed by atoms with E-state index in [1.807, 2.05) is 31.2 Å². The minimum absolute atomic E-state index is 0.00360. The average molecular weight is 617 g/mol. The van der Waals surface area contributed by atoms with Crippen molar-refractivity contribution in [3.8, 4) is 17.2 Å². The molecular weight excluding hydrogens is 584 g/mol. The molecule has 0 heterocycles. The molecule has 44 heavy (non-hydrogen) atoms. The molecule has 12 heteroatoms. The van der Waals surface area contributed by atoms with Gasteiger partial charge in [0.25, 0.3) is 21.8 Å². The Morgan fingerprint density at radius 2 is 1.52 bits per heavy atom. The molecule has 2 N–H and O–H groups in total. The van der Waals surface area contributed by atoms with E-state index in [1.54, 1.807) is 54.6 Å². The summed E-state index contributed by atoms with van der Waals surface area (Å²) in [4.78, 5) is 25.1. The standard InChI is InChI=1S/C32H32N4O7S/c1-23-9-13-25(14-10-23)34-32(38)22-43-26-15-11-24(12-16-26)20-33-35-31(37)21-36(44(39,40)28-7-5-4-6-8-28)29-19-27(41-2)17-18-30(29)42-3/h4-20H,21-22H2,1-3H3,(H,34,38)(H,35,37)/b33-20-. The van der Waals surface area contributed by atoms with Crippen LogP contribution in [0, 0.1) is 6.92 Å². The van der Waals surface area contributed by atoms with Gasteiger partial charge < -0.3 is 19.5 Å². The van der Waals surface area contributed by atoms with Crippen LogP contribution < -0.4 is 29.3 Å². The Morgan fingerprint density at radius 1 is 0.841 bits per heavy atom. The zero-order chi connectivity index (χ0) is 31.5. The number of benzene rings is 4. The number of nitrogens with zero attached hydrogens (tertiary/aromatic N) is 2. The number of carbonyl (C=O) groups is 2. The van der Waals surface area contributed by atoms with Crippen LogP contribution in [0.3, 0.4) is 0 Å². The van der Waals surface area contributed by atoms with Crippen LogP contribution in [0.1, 0.15) is 11.1 Å². The predicted molar refractivity (Wildman–Crippen MR) is 168 cm³/mol. The Labute approximate surface area is 256 Å². The van der Waals surface area contributed by atoms with Crippen LogP contribution in [0.5, 0.6) is 17.2 Å². The monoisotopic (exact) mass is 616 g/mol. The highest BCUT2D eigenvalue weighted by molar-refractivity contribution is 7.92. The Morgan fingerprint density at radius 3 is 2.18 bits per heavy atom. The van der Waals surface area contributed by atoms with Crippen molar-refractivity contribution in [1.29, 1.82) is 0 Å². The van der Waals surface area contributed by atoms with E-state index in [4.69, 9.17) is 14.2 Å². The third kappa shape index (κ3) is 8.35. The summed E-state index contributed by atoms with van der Waals surface area (Å²) in [6, 6.07) is 26.5. The van der Waals surface area contributed by atoms with Gasteiger partial charge in [-0.15, -0.1) is 0 Å². The minimum Gasteiger partial charge on any atom is -0.497 e. The van der Waals surface area contributed by atoms with Gasteiger partial charge in [-0.1, -0.05) is 35.9 Å². The molecule has 4 aromatic carbocycles. The molecule has 0 atom stereocenters. The quantitative estimate of drug-likeness (QED) is 0.168. The Hall–Kier alpha value is -5.36. The number of hydrogen-bond donors (Lipinski definition) is 2. The van der Waals surface area contributed by atoms with Crippen LogP contribution in [-0.4, -0.2) is 53.8 Å². The van der Waals surface area contributed by atoms with Crippen molar-refractivity contribution in [2.24, 2.45) is 5.10 Å². The Balaban J connectivity index is 1.40. The number of aryl methyl sites for hydroxylation is 1. The molecule has 0 unspecified atom stereocenters. The summed E-state index contributed by atoms with van der Waals surface area (Å²) < 4.78 is 44.4. The second-order valence-corrected chi connectivity index (χ2v) is 11.3. The summed E-state index contributed by atoms with van der Waals surface area (Å²) in [5.74, 6) is 0.102. The van der Waals surface area contributed by atoms with Crippen molar-refractivity contribution in [1.82, 2.24) is 5.43 Å². The van der Waals surface area contributed by atoms with Crippen molar-refractivity contribution in [3.63, 3.8) is 0 Å². The Kier molecular flexibility index (Phi) is 10.5. The molecule has 0 bridgehead atoms. The zero-order valence-electron chi connectivity index (χ0n) is 24.4. The molecule has 0 saturated carbocycles. The van der Waals surface area contributed by atoms with Gasteiger partial charge in [0, 0.05) is 11.8 Å². The van der Waals surface area contributed by atoms with Gasteiger partial charge in [-0.25, -0.2) is 13.8 Å². The molecule has 0 aliphatic heterocycles. The summed E-state index contributed by atoms with van der Waals surface area (Å²) in [7, 11) is -1.33. The molecule has 228 valence electrons. The molecule has 0 aromatic heterocycles. The summed E-state index contributed by atoms with van der Waals surface area (Å²) in [5.41, 5.74) is 4.90. The highest BCUT2D eigenvalue weighted by atomic mass is 32.2. The summed E-state index contributed by atoms with van der Waals surface area (Å²) in [6.07, 6.45) is 1.40. The lowest BCUT2D eigenvalue weighted by atomic mass is 10.2. The maximum atomic E-state index is 13.6. The number of sulfonamides is 1. The van der Waals surface area contributed by atoms with Crippen LogP contribution in [0.4, 0.5) is 11.4 Å². The van der Waals surface area contributed by atoms with Crippen molar-refractivity contribution in [2.75, 3.05) is 37.0 Å². The van der Waals surface area contributed by atoms with Gasteiger partial charge in [0.2, 0.25) is 0 Å². The summed E-state index contributed by atoms with van der Waals surface area (Å²) in [5, 5.41) is 6.73. The van der Waals surface area contributed by atoms with Crippen LogP contribution >= 0.6 is 0 Å². The Bertz CT molecular complexity index is 1710. The maximum Gasteiger partial charge on any atom is 0.264 e. The molecular formula is C32H32N4O7S. The molecule has 0 saturated heterocycles. The van der Waals surface area contributed by atoms with E-state index in [1.165, 1.54) is 38.6 Å². The number of hydrogen-bond acceptors (Lipinski definition) is 8. The van der Waals surface area contributed by atoms with Gasteiger partial charge in [-0.3, -0.25) is 13.9 Å². The first-order chi connectivity index (χ1) is 21.2. The van der Waals surface area contributed by atoms with E-state index in [2.05, 4.69) is 15.8 Å². The first-order valence-electron chi connectivity index (χ1n) is 13.4. The van der Waals surface area contributed by atoms with Crippen molar-refractivity contribution < 1.29 is 32.2 Å². The molecule has 0 aliphatic carbocycles. The molecule has 4 rings (SSSR count). The molecule has 2 amide bonds. The molecule has 0 fully saturated rings. The van der Waals surface area contributed by atoms with E-state index in [-0.39, 0.29) is 28.8 Å². The number of amides is 2. The number of anilines is 2. The number of methoxy groups -OCH3 is 2. The lowest BCUT2D eigenvalue weighted by molar-refractivity contribution is -0.119. The van der Waals surface area contributed by atoms with Crippen LogP contribution in [-0.2, 0) is 19.6 Å². The summed E-state index contributed by atoms with van der Waals surface area (Å²) >= 11 is 0. The highest BCUT2D eigenvalue weighted by Crippen LogP contribution is 2.35. The second kappa shape index (κ2) is 14.7. The summed E-state index contributed by atoms with van der Waals surface area (Å²) in [6.45, 7) is 1.21. The first kappa shape index (κ1) is 31.6. The largest absolute Gasteiger partial charge is 0.497 e. The zero-order valence-corrected chi connectivity index (χ0v) is 25.2. The lowest BCUT2D eigenvalue weighted by Crippen LogP contribution is -2.39.